The number of nitrogens with zero attached hydrogens (tertiary/aromatic N) is 1. The van der Waals surface area contributed by atoms with Gasteiger partial charge in [0.25, 0.3) is 5.91 Å². The number of carboxylic acid groups (broad SMARTS) is 1. The summed E-state index contributed by atoms with van der Waals surface area (Å²) in [4.78, 5) is 25.9. The normalized spacial score (nSPS) is 17.2. The van der Waals surface area contributed by atoms with E-state index in [4.69, 9.17) is 0 Å². The van der Waals surface area contributed by atoms with Crippen LogP contribution in [-0.4, -0.2) is 11.9 Å². The minimum Gasteiger partial charge on any atom is -0.545 e. The molecule has 0 fully saturated rings. The van der Waals surface area contributed by atoms with Crippen LogP contribution in [0.15, 0.2) is 48.5 Å². The number of allylic oxidation sites excluding steroid dienone is 1. The smallest absolute Gasteiger partial charge is 0.264 e. The Morgan fingerprint density at radius 1 is 1.09 bits per heavy atom. The Hall–Kier alpha value is -2.88. The molecule has 114 valence electrons. The van der Waals surface area contributed by atoms with Crippen molar-refractivity contribution in [1.29, 1.82) is 0 Å². The van der Waals surface area contributed by atoms with E-state index in [2.05, 4.69) is 13.8 Å². The molecule has 2 aromatic carbocycles. The highest BCUT2D eigenvalue weighted by Gasteiger charge is 2.41. The fourth-order valence-corrected chi connectivity index (χ4v) is 3.52. The monoisotopic (exact) mass is 304 g/mol. The van der Waals surface area contributed by atoms with Gasteiger partial charge in [0.15, 0.2) is 0 Å². The van der Waals surface area contributed by atoms with Gasteiger partial charge in [-0.1, -0.05) is 50.2 Å². The number of benzene rings is 2. The number of carbonyl (C=O) groups excluding carboxylic acids is 2. The van der Waals surface area contributed by atoms with E-state index in [1.165, 1.54) is 6.07 Å². The predicted molar refractivity (Wildman–Crippen MR) is 85.0 cm³/mol. The summed E-state index contributed by atoms with van der Waals surface area (Å²) in [7, 11) is 0. The Bertz CT molecular complexity index is 909. The Morgan fingerprint density at radius 2 is 1.83 bits per heavy atom. The first-order valence-electron chi connectivity index (χ1n) is 7.43. The number of aromatic carboxylic acids is 1. The average Bonchev–Trinajstić information content (AvgIpc) is 2.80. The van der Waals surface area contributed by atoms with Gasteiger partial charge in [-0.25, -0.2) is 0 Å². The first-order valence-corrected chi connectivity index (χ1v) is 7.43. The molecule has 0 unspecified atom stereocenters. The first kappa shape index (κ1) is 13.8. The zero-order chi connectivity index (χ0) is 16.4. The lowest BCUT2D eigenvalue weighted by Gasteiger charge is -2.35. The summed E-state index contributed by atoms with van der Waals surface area (Å²) in [5.41, 5.74) is 3.16. The van der Waals surface area contributed by atoms with Gasteiger partial charge in [0.05, 0.1) is 22.9 Å². The maximum atomic E-state index is 12.9. The fourth-order valence-electron chi connectivity index (χ4n) is 3.52. The van der Waals surface area contributed by atoms with Crippen LogP contribution in [0.5, 0.6) is 0 Å². The van der Waals surface area contributed by atoms with Crippen molar-refractivity contribution >= 4 is 23.3 Å². The Balaban J connectivity index is 2.05. The molecule has 2 aliphatic heterocycles. The van der Waals surface area contributed by atoms with Crippen LogP contribution in [0.25, 0.3) is 5.70 Å². The van der Waals surface area contributed by atoms with Crippen molar-refractivity contribution in [1.82, 2.24) is 0 Å². The maximum absolute atomic E-state index is 12.9. The summed E-state index contributed by atoms with van der Waals surface area (Å²) < 4.78 is 0. The Morgan fingerprint density at radius 3 is 2.57 bits per heavy atom. The van der Waals surface area contributed by atoms with Crippen LogP contribution >= 0.6 is 0 Å². The van der Waals surface area contributed by atoms with Gasteiger partial charge >= 0.3 is 0 Å². The number of carboxylic acids is 1. The molecule has 0 saturated heterocycles. The molecule has 0 atom stereocenters. The predicted octanol–water partition coefficient (Wildman–Crippen LogP) is 2.34. The molecule has 0 N–H and O–H groups in total. The zero-order valence-corrected chi connectivity index (χ0v) is 12.8. The number of para-hydroxylation sites is 1. The third-order valence-corrected chi connectivity index (χ3v) is 4.55. The number of hydrogen-bond acceptors (Lipinski definition) is 3. The minimum atomic E-state index is -1.33. The molecule has 4 heteroatoms. The lowest BCUT2D eigenvalue weighted by atomic mass is 9.79. The molecule has 0 bridgehead atoms. The second-order valence-electron chi connectivity index (χ2n) is 6.42. The van der Waals surface area contributed by atoms with Gasteiger partial charge in [0.1, 0.15) is 0 Å². The second kappa shape index (κ2) is 4.32. The quantitative estimate of drug-likeness (QED) is 0.812. The van der Waals surface area contributed by atoms with Crippen LogP contribution in [-0.2, 0) is 5.41 Å². The molecule has 0 radical (unpaired) electrons. The number of amides is 1. The van der Waals surface area contributed by atoms with Crippen LogP contribution in [0.2, 0.25) is 0 Å². The van der Waals surface area contributed by atoms with Crippen LogP contribution in [0.1, 0.15) is 45.7 Å². The SMILES string of the molecule is CC1(C)C=C2c3cccc(C(=O)[O-])c3C(=O)N2c2ccccc21. The largest absolute Gasteiger partial charge is 0.545 e. The highest BCUT2D eigenvalue weighted by Crippen LogP contribution is 2.48. The highest BCUT2D eigenvalue weighted by atomic mass is 16.4. The molecule has 23 heavy (non-hydrogen) atoms. The van der Waals surface area contributed by atoms with Crippen LogP contribution in [0, 0.1) is 0 Å². The van der Waals surface area contributed by atoms with Gasteiger partial charge in [-0.15, -0.1) is 0 Å². The van der Waals surface area contributed by atoms with E-state index >= 15 is 0 Å². The number of rotatable bonds is 1. The van der Waals surface area contributed by atoms with Crippen LogP contribution in [0.3, 0.4) is 0 Å². The lowest BCUT2D eigenvalue weighted by molar-refractivity contribution is -0.255. The van der Waals surface area contributed by atoms with Crippen molar-refractivity contribution in [3.63, 3.8) is 0 Å². The minimum absolute atomic E-state index is 0.0573. The van der Waals surface area contributed by atoms with Crippen molar-refractivity contribution in [3.8, 4) is 0 Å². The molecule has 0 aromatic heterocycles. The molecule has 0 spiro atoms. The average molecular weight is 304 g/mol. The molecule has 0 saturated carbocycles. The molecule has 1 amide bonds. The van der Waals surface area contributed by atoms with Crippen molar-refractivity contribution in [2.24, 2.45) is 0 Å². The first-order chi connectivity index (χ1) is 10.9. The Kier molecular flexibility index (Phi) is 2.58. The fraction of sp³-hybridized carbons (Fsp3) is 0.158. The van der Waals surface area contributed by atoms with Gasteiger partial charge in [0, 0.05) is 16.5 Å². The van der Waals surface area contributed by atoms with Gasteiger partial charge in [-0.2, -0.15) is 0 Å². The topological polar surface area (TPSA) is 60.4 Å². The lowest BCUT2D eigenvalue weighted by Crippen LogP contribution is -2.32. The standard InChI is InChI=1S/C19H15NO3/c1-19(2)10-15-11-6-5-7-12(18(22)23)16(11)17(21)20(15)14-9-4-3-8-13(14)19/h3-10H,1-2H3,(H,22,23)/p-1. The van der Waals surface area contributed by atoms with Gasteiger partial charge < -0.3 is 9.90 Å². The maximum Gasteiger partial charge on any atom is 0.264 e. The second-order valence-corrected chi connectivity index (χ2v) is 6.42. The highest BCUT2D eigenvalue weighted by molar-refractivity contribution is 6.26. The summed E-state index contributed by atoms with van der Waals surface area (Å²) in [5, 5.41) is 11.4. The van der Waals surface area contributed by atoms with E-state index in [0.717, 1.165) is 16.9 Å². The van der Waals surface area contributed by atoms with Crippen LogP contribution < -0.4 is 10.0 Å². The molecule has 4 nitrogen and oxygen atoms in total. The van der Waals surface area contributed by atoms with E-state index in [1.807, 2.05) is 30.3 Å². The van der Waals surface area contributed by atoms with Gasteiger partial charge in [-0.05, 0) is 17.7 Å². The number of carbonyl (C=O) groups is 2. The van der Waals surface area contributed by atoms with Gasteiger partial charge in [0.2, 0.25) is 0 Å². The Labute approximate surface area is 133 Å². The van der Waals surface area contributed by atoms with Crippen molar-refractivity contribution in [2.45, 2.75) is 19.3 Å². The molecule has 2 aromatic rings. The van der Waals surface area contributed by atoms with E-state index in [9.17, 15) is 14.7 Å². The third kappa shape index (κ3) is 1.72. The number of fused-ring (bicyclic) bond motifs is 5. The molecule has 2 heterocycles. The van der Waals surface area contributed by atoms with Crippen molar-refractivity contribution < 1.29 is 14.7 Å². The number of anilines is 1. The zero-order valence-electron chi connectivity index (χ0n) is 12.8. The van der Waals surface area contributed by atoms with E-state index in [0.29, 0.717) is 5.56 Å². The van der Waals surface area contributed by atoms with Crippen LogP contribution in [0.4, 0.5) is 5.69 Å². The summed E-state index contributed by atoms with van der Waals surface area (Å²) in [6.45, 7) is 4.17. The number of hydrogen-bond donors (Lipinski definition) is 0. The van der Waals surface area contributed by atoms with Crippen molar-refractivity contribution in [2.75, 3.05) is 4.90 Å². The van der Waals surface area contributed by atoms with Crippen molar-refractivity contribution in [3.05, 3.63) is 70.8 Å². The summed E-state index contributed by atoms with van der Waals surface area (Å²) in [6, 6.07) is 12.6. The molecular weight excluding hydrogens is 290 g/mol. The molecule has 4 rings (SSSR count). The molecular formula is C19H14NO3-. The van der Waals surface area contributed by atoms with Gasteiger partial charge in [-0.3, -0.25) is 9.69 Å². The van der Waals surface area contributed by atoms with E-state index in [1.54, 1.807) is 17.0 Å². The molecule has 2 aliphatic rings. The summed E-state index contributed by atoms with van der Waals surface area (Å²) >= 11 is 0. The van der Waals surface area contributed by atoms with E-state index in [-0.39, 0.29) is 22.4 Å². The molecule has 0 aliphatic carbocycles. The van der Waals surface area contributed by atoms with E-state index < -0.39 is 5.97 Å². The summed E-state index contributed by atoms with van der Waals surface area (Å²) in [5.74, 6) is -1.64. The third-order valence-electron chi connectivity index (χ3n) is 4.55. The summed E-state index contributed by atoms with van der Waals surface area (Å²) in [6.07, 6.45) is 2.03.